The van der Waals surface area contributed by atoms with Crippen molar-refractivity contribution in [1.82, 2.24) is 4.90 Å². The summed E-state index contributed by atoms with van der Waals surface area (Å²) >= 11 is 0. The summed E-state index contributed by atoms with van der Waals surface area (Å²) in [6.07, 6.45) is 0.393. The molecule has 1 aromatic carbocycles. The van der Waals surface area contributed by atoms with Gasteiger partial charge >= 0.3 is 5.97 Å². The van der Waals surface area contributed by atoms with Gasteiger partial charge in [-0.25, -0.2) is 4.39 Å². The maximum absolute atomic E-state index is 13.1. The summed E-state index contributed by atoms with van der Waals surface area (Å²) in [7, 11) is 0. The van der Waals surface area contributed by atoms with Crippen LogP contribution >= 0.6 is 0 Å². The summed E-state index contributed by atoms with van der Waals surface area (Å²) in [5.74, 6) is -1.35. The molecule has 1 atom stereocenters. The maximum atomic E-state index is 13.1. The summed E-state index contributed by atoms with van der Waals surface area (Å²) in [4.78, 5) is 14.0. The monoisotopic (exact) mass is 296 g/mol. The Morgan fingerprint density at radius 1 is 1.33 bits per heavy atom. The largest absolute Gasteiger partial charge is 0.481 e. The van der Waals surface area contributed by atoms with E-state index in [2.05, 4.69) is 4.90 Å². The van der Waals surface area contributed by atoms with Crippen molar-refractivity contribution in [1.29, 1.82) is 0 Å². The SMILES string of the molecule is NCC(CCN1CCOCC1)(C(=O)O)c1ccc(F)cc1. The highest BCUT2D eigenvalue weighted by Gasteiger charge is 2.39. The minimum atomic E-state index is -1.17. The number of morpholine rings is 1. The lowest BCUT2D eigenvalue weighted by Crippen LogP contribution is -2.47. The molecule has 1 fully saturated rings. The van der Waals surface area contributed by atoms with Gasteiger partial charge in [0.1, 0.15) is 11.2 Å². The molecule has 0 aliphatic carbocycles. The van der Waals surface area contributed by atoms with Crippen LogP contribution in [0.4, 0.5) is 4.39 Å². The summed E-state index contributed by atoms with van der Waals surface area (Å²) < 4.78 is 18.3. The van der Waals surface area contributed by atoms with Gasteiger partial charge in [-0.05, 0) is 30.7 Å². The zero-order chi connectivity index (χ0) is 15.3. The first-order valence-corrected chi connectivity index (χ1v) is 7.08. The summed E-state index contributed by atoms with van der Waals surface area (Å²) in [5, 5.41) is 9.66. The Hall–Kier alpha value is -1.50. The van der Waals surface area contributed by atoms with Crippen LogP contribution in [0.25, 0.3) is 0 Å². The lowest BCUT2D eigenvalue weighted by molar-refractivity contribution is -0.144. The molecule has 1 saturated heterocycles. The topological polar surface area (TPSA) is 75.8 Å². The number of hydrogen-bond donors (Lipinski definition) is 2. The first-order chi connectivity index (χ1) is 10.1. The third kappa shape index (κ3) is 3.58. The highest BCUT2D eigenvalue weighted by molar-refractivity contribution is 5.81. The van der Waals surface area contributed by atoms with Gasteiger partial charge in [0, 0.05) is 19.6 Å². The second kappa shape index (κ2) is 6.98. The molecule has 116 valence electrons. The van der Waals surface area contributed by atoms with Crippen molar-refractivity contribution in [3.05, 3.63) is 35.6 Å². The van der Waals surface area contributed by atoms with E-state index in [4.69, 9.17) is 10.5 Å². The zero-order valence-corrected chi connectivity index (χ0v) is 11.9. The first-order valence-electron chi connectivity index (χ1n) is 7.08. The third-order valence-electron chi connectivity index (χ3n) is 4.11. The molecule has 0 amide bonds. The normalized spacial score (nSPS) is 19.1. The van der Waals surface area contributed by atoms with Crippen molar-refractivity contribution >= 4 is 5.97 Å². The number of rotatable bonds is 6. The van der Waals surface area contributed by atoms with Crippen LogP contribution in [0.15, 0.2) is 24.3 Å². The molecule has 1 unspecified atom stereocenters. The van der Waals surface area contributed by atoms with Crippen LogP contribution in [-0.4, -0.2) is 55.4 Å². The van der Waals surface area contributed by atoms with E-state index in [1.165, 1.54) is 24.3 Å². The van der Waals surface area contributed by atoms with Crippen molar-refractivity contribution in [2.75, 3.05) is 39.4 Å². The molecule has 0 spiro atoms. The molecule has 21 heavy (non-hydrogen) atoms. The Kier molecular flexibility index (Phi) is 5.27. The lowest BCUT2D eigenvalue weighted by Gasteiger charge is -2.33. The van der Waals surface area contributed by atoms with E-state index in [0.717, 1.165) is 13.1 Å². The minimum Gasteiger partial charge on any atom is -0.481 e. The molecule has 6 heteroatoms. The van der Waals surface area contributed by atoms with E-state index < -0.39 is 11.4 Å². The second-order valence-electron chi connectivity index (χ2n) is 5.30. The maximum Gasteiger partial charge on any atom is 0.315 e. The number of benzene rings is 1. The number of aliphatic carboxylic acids is 1. The van der Waals surface area contributed by atoms with Gasteiger partial charge in [-0.3, -0.25) is 9.69 Å². The minimum absolute atomic E-state index is 0.0156. The van der Waals surface area contributed by atoms with Crippen LogP contribution < -0.4 is 5.73 Å². The number of ether oxygens (including phenoxy) is 1. The van der Waals surface area contributed by atoms with Gasteiger partial charge in [-0.15, -0.1) is 0 Å². The Morgan fingerprint density at radius 2 is 1.95 bits per heavy atom. The molecule has 0 bridgehead atoms. The van der Waals surface area contributed by atoms with Crippen LogP contribution in [0.1, 0.15) is 12.0 Å². The van der Waals surface area contributed by atoms with Crippen molar-refractivity contribution in [2.45, 2.75) is 11.8 Å². The average molecular weight is 296 g/mol. The number of hydrogen-bond acceptors (Lipinski definition) is 4. The number of nitrogens with zero attached hydrogens (tertiary/aromatic N) is 1. The highest BCUT2D eigenvalue weighted by Crippen LogP contribution is 2.28. The number of carboxylic acids is 1. The van der Waals surface area contributed by atoms with E-state index in [9.17, 15) is 14.3 Å². The quantitative estimate of drug-likeness (QED) is 0.813. The predicted molar refractivity (Wildman–Crippen MR) is 76.6 cm³/mol. The van der Waals surface area contributed by atoms with Gasteiger partial charge in [0.25, 0.3) is 0 Å². The van der Waals surface area contributed by atoms with Gasteiger partial charge in [0.2, 0.25) is 0 Å². The molecule has 0 aromatic heterocycles. The molecule has 0 saturated carbocycles. The fourth-order valence-corrected chi connectivity index (χ4v) is 2.62. The Balaban J connectivity index is 2.16. The fraction of sp³-hybridized carbons (Fsp3) is 0.533. The van der Waals surface area contributed by atoms with Crippen molar-refractivity contribution < 1.29 is 19.0 Å². The van der Waals surface area contributed by atoms with Crippen LogP contribution in [0.3, 0.4) is 0 Å². The number of carboxylic acid groups (broad SMARTS) is 1. The molecular formula is C15H21FN2O3. The molecule has 1 aliphatic rings. The molecule has 5 nitrogen and oxygen atoms in total. The summed E-state index contributed by atoms with van der Waals surface area (Å²) in [6, 6.07) is 5.57. The van der Waals surface area contributed by atoms with Crippen LogP contribution in [0.2, 0.25) is 0 Å². The molecule has 2 rings (SSSR count). The second-order valence-corrected chi connectivity index (χ2v) is 5.30. The van der Waals surface area contributed by atoms with E-state index in [1.807, 2.05) is 0 Å². The van der Waals surface area contributed by atoms with Crippen LogP contribution in [0, 0.1) is 5.82 Å². The molecule has 1 aliphatic heterocycles. The summed E-state index contributed by atoms with van der Waals surface area (Å²) in [5.41, 5.74) is 5.15. The van der Waals surface area contributed by atoms with Crippen molar-refractivity contribution in [3.63, 3.8) is 0 Å². The van der Waals surface area contributed by atoms with Gasteiger partial charge in [-0.1, -0.05) is 12.1 Å². The number of nitrogens with two attached hydrogens (primary N) is 1. The fourth-order valence-electron chi connectivity index (χ4n) is 2.62. The molecule has 3 N–H and O–H groups in total. The third-order valence-corrected chi connectivity index (χ3v) is 4.11. The highest BCUT2D eigenvalue weighted by atomic mass is 19.1. The lowest BCUT2D eigenvalue weighted by atomic mass is 9.77. The standard InChI is InChI=1S/C15H21FN2O3/c16-13-3-1-12(2-4-13)15(11-17,14(19)20)5-6-18-7-9-21-10-8-18/h1-4H,5-11,17H2,(H,19,20). The predicted octanol–water partition coefficient (Wildman–Crippen LogP) is 0.829. The molecule has 1 aromatic rings. The molecular weight excluding hydrogens is 275 g/mol. The van der Waals surface area contributed by atoms with Crippen molar-refractivity contribution in [2.24, 2.45) is 5.73 Å². The van der Waals surface area contributed by atoms with Gasteiger partial charge in [0.15, 0.2) is 0 Å². The van der Waals surface area contributed by atoms with Crippen molar-refractivity contribution in [3.8, 4) is 0 Å². The summed E-state index contributed by atoms with van der Waals surface area (Å²) in [6.45, 7) is 3.54. The Labute approximate surface area is 123 Å². The Bertz CT molecular complexity index is 474. The van der Waals surface area contributed by atoms with Gasteiger partial charge < -0.3 is 15.6 Å². The Morgan fingerprint density at radius 3 is 2.48 bits per heavy atom. The first kappa shape index (κ1) is 15.9. The van der Waals surface area contributed by atoms with Gasteiger partial charge in [-0.2, -0.15) is 0 Å². The number of carbonyl (C=O) groups is 1. The van der Waals surface area contributed by atoms with E-state index in [1.54, 1.807) is 0 Å². The molecule has 1 heterocycles. The number of halogens is 1. The van der Waals surface area contributed by atoms with Crippen LogP contribution in [0.5, 0.6) is 0 Å². The van der Waals surface area contributed by atoms with E-state index in [0.29, 0.717) is 31.7 Å². The average Bonchev–Trinajstić information content (AvgIpc) is 2.50. The van der Waals surface area contributed by atoms with E-state index >= 15 is 0 Å². The van der Waals surface area contributed by atoms with Crippen LogP contribution in [-0.2, 0) is 14.9 Å². The van der Waals surface area contributed by atoms with E-state index in [-0.39, 0.29) is 12.4 Å². The smallest absolute Gasteiger partial charge is 0.315 e. The molecule has 0 radical (unpaired) electrons. The zero-order valence-electron chi connectivity index (χ0n) is 11.9. The van der Waals surface area contributed by atoms with Gasteiger partial charge in [0.05, 0.1) is 13.2 Å².